The normalized spacial score (nSPS) is 19.7. The SMILES string of the molecule is CCOc1ccc(C2CCCN2S(=O)(=O)c2cc3c(cc2F)NC(=O)CC3)cc1. The van der Waals surface area contributed by atoms with Crippen LogP contribution in [0.4, 0.5) is 10.1 Å². The third-order valence-electron chi connectivity index (χ3n) is 5.42. The van der Waals surface area contributed by atoms with Crippen molar-refractivity contribution in [2.24, 2.45) is 0 Å². The molecule has 1 saturated heterocycles. The molecule has 154 valence electrons. The Balaban J connectivity index is 1.66. The van der Waals surface area contributed by atoms with Gasteiger partial charge in [-0.3, -0.25) is 4.79 Å². The van der Waals surface area contributed by atoms with Gasteiger partial charge in [-0.05, 0) is 61.6 Å². The van der Waals surface area contributed by atoms with E-state index in [4.69, 9.17) is 4.74 Å². The summed E-state index contributed by atoms with van der Waals surface area (Å²) in [5.41, 5.74) is 1.85. The lowest BCUT2D eigenvalue weighted by Crippen LogP contribution is -2.31. The van der Waals surface area contributed by atoms with Crippen LogP contribution >= 0.6 is 0 Å². The number of anilines is 1. The maximum atomic E-state index is 14.7. The van der Waals surface area contributed by atoms with E-state index < -0.39 is 15.8 Å². The number of benzene rings is 2. The van der Waals surface area contributed by atoms with E-state index in [1.807, 2.05) is 31.2 Å². The fraction of sp³-hybridized carbons (Fsp3) is 0.381. The monoisotopic (exact) mass is 418 g/mol. The maximum absolute atomic E-state index is 14.7. The van der Waals surface area contributed by atoms with Gasteiger partial charge in [0.1, 0.15) is 16.5 Å². The molecule has 1 fully saturated rings. The standard InChI is InChI=1S/C21H23FN2O4S/c1-2-28-16-8-5-14(6-9-16)19-4-3-11-24(19)29(26,27)20-12-15-7-10-21(25)23-18(15)13-17(20)22/h5-6,8-9,12-13,19H,2-4,7,10-11H2,1H3,(H,23,25). The number of amides is 1. The maximum Gasteiger partial charge on any atom is 0.246 e. The van der Waals surface area contributed by atoms with E-state index in [2.05, 4.69) is 5.32 Å². The van der Waals surface area contributed by atoms with Crippen molar-refractivity contribution >= 4 is 21.6 Å². The first-order valence-corrected chi connectivity index (χ1v) is 11.2. The summed E-state index contributed by atoms with van der Waals surface area (Å²) >= 11 is 0. The Kier molecular flexibility index (Phi) is 5.31. The zero-order chi connectivity index (χ0) is 20.6. The van der Waals surface area contributed by atoms with Gasteiger partial charge in [0.05, 0.1) is 12.6 Å². The van der Waals surface area contributed by atoms with Crippen molar-refractivity contribution in [1.29, 1.82) is 0 Å². The summed E-state index contributed by atoms with van der Waals surface area (Å²) in [6.07, 6.45) is 2.04. The molecule has 2 aromatic rings. The van der Waals surface area contributed by atoms with Crippen LogP contribution in [0.5, 0.6) is 5.75 Å². The van der Waals surface area contributed by atoms with Crippen LogP contribution in [0.3, 0.4) is 0 Å². The van der Waals surface area contributed by atoms with E-state index in [1.54, 1.807) is 0 Å². The minimum atomic E-state index is -4.02. The summed E-state index contributed by atoms with van der Waals surface area (Å²) in [4.78, 5) is 11.2. The Morgan fingerprint density at radius 1 is 1.21 bits per heavy atom. The van der Waals surface area contributed by atoms with Crippen LogP contribution < -0.4 is 10.1 Å². The number of rotatable bonds is 5. The largest absolute Gasteiger partial charge is 0.494 e. The van der Waals surface area contributed by atoms with Crippen molar-refractivity contribution in [2.75, 3.05) is 18.5 Å². The zero-order valence-corrected chi connectivity index (χ0v) is 17.0. The molecule has 6 nitrogen and oxygen atoms in total. The molecule has 2 aliphatic heterocycles. The molecule has 4 rings (SSSR count). The summed E-state index contributed by atoms with van der Waals surface area (Å²) in [5.74, 6) is -0.308. The molecule has 2 heterocycles. The first-order chi connectivity index (χ1) is 13.9. The van der Waals surface area contributed by atoms with Crippen molar-refractivity contribution in [3.05, 3.63) is 53.3 Å². The van der Waals surface area contributed by atoms with Gasteiger partial charge in [-0.2, -0.15) is 4.31 Å². The minimum absolute atomic E-state index is 0.192. The van der Waals surface area contributed by atoms with Crippen molar-refractivity contribution < 1.29 is 22.3 Å². The van der Waals surface area contributed by atoms with Crippen LogP contribution in [0.1, 0.15) is 43.4 Å². The topological polar surface area (TPSA) is 75.7 Å². The zero-order valence-electron chi connectivity index (χ0n) is 16.2. The highest BCUT2D eigenvalue weighted by Crippen LogP contribution is 2.39. The molecule has 1 unspecified atom stereocenters. The molecule has 0 saturated carbocycles. The van der Waals surface area contributed by atoms with Gasteiger partial charge in [-0.1, -0.05) is 12.1 Å². The van der Waals surface area contributed by atoms with E-state index in [0.717, 1.165) is 17.4 Å². The quantitative estimate of drug-likeness (QED) is 0.805. The number of nitrogens with one attached hydrogen (secondary N) is 1. The van der Waals surface area contributed by atoms with E-state index >= 15 is 0 Å². The highest BCUT2D eigenvalue weighted by atomic mass is 32.2. The van der Waals surface area contributed by atoms with Gasteiger partial charge in [0, 0.05) is 18.7 Å². The van der Waals surface area contributed by atoms with Gasteiger partial charge in [0.2, 0.25) is 15.9 Å². The number of nitrogens with zero attached hydrogens (tertiary/aromatic N) is 1. The molecule has 1 N–H and O–H groups in total. The Morgan fingerprint density at radius 3 is 2.69 bits per heavy atom. The molecule has 0 radical (unpaired) electrons. The summed E-state index contributed by atoms with van der Waals surface area (Å²) in [6, 6.07) is 9.51. The Hall–Kier alpha value is -2.45. The second-order valence-electron chi connectivity index (χ2n) is 7.26. The molecule has 1 amide bonds. The molecule has 8 heteroatoms. The number of ether oxygens (including phenoxy) is 1. The molecule has 2 aliphatic rings. The van der Waals surface area contributed by atoms with Crippen LogP contribution in [-0.4, -0.2) is 31.8 Å². The first-order valence-electron chi connectivity index (χ1n) is 9.77. The minimum Gasteiger partial charge on any atom is -0.494 e. The lowest BCUT2D eigenvalue weighted by atomic mass is 10.0. The molecule has 0 spiro atoms. The summed E-state index contributed by atoms with van der Waals surface area (Å²) in [5, 5.41) is 2.60. The summed E-state index contributed by atoms with van der Waals surface area (Å²) in [7, 11) is -4.02. The third-order valence-corrected chi connectivity index (χ3v) is 7.34. The lowest BCUT2D eigenvalue weighted by Gasteiger charge is -2.26. The van der Waals surface area contributed by atoms with Crippen molar-refractivity contribution in [1.82, 2.24) is 4.31 Å². The van der Waals surface area contributed by atoms with Crippen LogP contribution in [0, 0.1) is 5.82 Å². The average molecular weight is 418 g/mol. The second kappa shape index (κ2) is 7.76. The Morgan fingerprint density at radius 2 is 1.97 bits per heavy atom. The van der Waals surface area contributed by atoms with Crippen LogP contribution in [-0.2, 0) is 21.2 Å². The van der Waals surface area contributed by atoms with Gasteiger partial charge >= 0.3 is 0 Å². The Labute approximate surface area is 169 Å². The summed E-state index contributed by atoms with van der Waals surface area (Å²) < 4.78 is 48.2. The predicted octanol–water partition coefficient (Wildman–Crippen LogP) is 3.63. The molecular formula is C21H23FN2O4S. The highest BCUT2D eigenvalue weighted by molar-refractivity contribution is 7.89. The average Bonchev–Trinajstić information content (AvgIpc) is 3.19. The molecule has 1 atom stereocenters. The van der Waals surface area contributed by atoms with E-state index in [9.17, 15) is 17.6 Å². The lowest BCUT2D eigenvalue weighted by molar-refractivity contribution is -0.116. The van der Waals surface area contributed by atoms with Gasteiger partial charge in [0.15, 0.2) is 0 Å². The fourth-order valence-corrected chi connectivity index (χ4v) is 5.80. The third kappa shape index (κ3) is 3.74. The smallest absolute Gasteiger partial charge is 0.246 e. The van der Waals surface area contributed by atoms with Gasteiger partial charge < -0.3 is 10.1 Å². The molecule has 0 aromatic heterocycles. The molecule has 0 bridgehead atoms. The number of aryl methyl sites for hydroxylation is 1. The van der Waals surface area contributed by atoms with Crippen molar-refractivity contribution in [3.8, 4) is 5.75 Å². The first kappa shape index (κ1) is 19.8. The molecular weight excluding hydrogens is 395 g/mol. The number of hydrogen-bond donors (Lipinski definition) is 1. The number of sulfonamides is 1. The number of fused-ring (bicyclic) bond motifs is 1. The van der Waals surface area contributed by atoms with Crippen LogP contribution in [0.15, 0.2) is 41.3 Å². The number of carbonyl (C=O) groups is 1. The van der Waals surface area contributed by atoms with Gasteiger partial charge in [-0.25, -0.2) is 12.8 Å². The molecule has 29 heavy (non-hydrogen) atoms. The van der Waals surface area contributed by atoms with Crippen molar-refractivity contribution in [3.63, 3.8) is 0 Å². The van der Waals surface area contributed by atoms with E-state index in [1.165, 1.54) is 10.4 Å². The van der Waals surface area contributed by atoms with Gasteiger partial charge in [0.25, 0.3) is 0 Å². The highest BCUT2D eigenvalue weighted by Gasteiger charge is 2.38. The molecule has 0 aliphatic carbocycles. The van der Waals surface area contributed by atoms with Crippen molar-refractivity contribution in [2.45, 2.75) is 43.5 Å². The summed E-state index contributed by atoms with van der Waals surface area (Å²) in [6.45, 7) is 2.80. The van der Waals surface area contributed by atoms with E-state index in [0.29, 0.717) is 43.7 Å². The van der Waals surface area contributed by atoms with E-state index in [-0.39, 0.29) is 23.3 Å². The fourth-order valence-electron chi connectivity index (χ4n) is 4.02. The molecule has 2 aromatic carbocycles. The predicted molar refractivity (Wildman–Crippen MR) is 107 cm³/mol. The number of carbonyl (C=O) groups excluding carboxylic acids is 1. The Bertz CT molecular complexity index is 1040. The number of halogens is 1. The number of hydrogen-bond acceptors (Lipinski definition) is 4. The second-order valence-corrected chi connectivity index (χ2v) is 9.12. The van der Waals surface area contributed by atoms with Gasteiger partial charge in [-0.15, -0.1) is 0 Å². The van der Waals surface area contributed by atoms with Crippen LogP contribution in [0.25, 0.3) is 0 Å². The van der Waals surface area contributed by atoms with Crippen LogP contribution in [0.2, 0.25) is 0 Å².